The lowest BCUT2D eigenvalue weighted by Crippen LogP contribution is -2.56. The highest BCUT2D eigenvalue weighted by atomic mass is 16.6. The van der Waals surface area contributed by atoms with Crippen LogP contribution in [-0.2, 0) is 35.1 Å². The minimum absolute atomic E-state index is 0.233. The second-order valence-corrected chi connectivity index (χ2v) is 8.19. The molecule has 0 saturated heterocycles. The SMILES string of the molecule is CC(=O)C([C@H](OC(=O)Cc1cccc2ccccc12)C(=O)O)N(C)C(=O)C(C(N)=O)C(C)C. The molecule has 33 heavy (non-hydrogen) atoms. The van der Waals surface area contributed by atoms with Crippen LogP contribution in [0.4, 0.5) is 0 Å². The molecular formula is C24H28N2O7. The van der Waals surface area contributed by atoms with Crippen molar-refractivity contribution in [3.8, 4) is 0 Å². The van der Waals surface area contributed by atoms with Crippen LogP contribution in [0.25, 0.3) is 10.8 Å². The lowest BCUT2D eigenvalue weighted by Gasteiger charge is -2.33. The Morgan fingerprint density at radius 1 is 1.03 bits per heavy atom. The summed E-state index contributed by atoms with van der Waals surface area (Å²) < 4.78 is 5.19. The van der Waals surface area contributed by atoms with Gasteiger partial charge in [-0.3, -0.25) is 19.2 Å². The van der Waals surface area contributed by atoms with Crippen LogP contribution in [0.1, 0.15) is 26.3 Å². The summed E-state index contributed by atoms with van der Waals surface area (Å²) in [5.41, 5.74) is 5.95. The largest absolute Gasteiger partial charge is 0.478 e. The number of ketones is 1. The quantitative estimate of drug-likeness (QED) is 0.408. The molecule has 0 spiro atoms. The van der Waals surface area contributed by atoms with Gasteiger partial charge < -0.3 is 20.5 Å². The highest BCUT2D eigenvalue weighted by Gasteiger charge is 2.43. The van der Waals surface area contributed by atoms with Crippen molar-refractivity contribution in [3.05, 3.63) is 48.0 Å². The van der Waals surface area contributed by atoms with Crippen LogP contribution in [0.3, 0.4) is 0 Å². The van der Waals surface area contributed by atoms with Crippen molar-refractivity contribution in [2.75, 3.05) is 7.05 Å². The number of ether oxygens (including phenoxy) is 1. The highest BCUT2D eigenvalue weighted by molar-refractivity contribution is 6.02. The molecule has 0 radical (unpaired) electrons. The van der Waals surface area contributed by atoms with Gasteiger partial charge in [-0.05, 0) is 29.2 Å². The number of hydrogen-bond acceptors (Lipinski definition) is 6. The summed E-state index contributed by atoms with van der Waals surface area (Å²) in [6.07, 6.45) is -2.19. The molecule has 3 N–H and O–H groups in total. The van der Waals surface area contributed by atoms with E-state index >= 15 is 0 Å². The van der Waals surface area contributed by atoms with Gasteiger partial charge in [-0.2, -0.15) is 0 Å². The highest BCUT2D eigenvalue weighted by Crippen LogP contribution is 2.21. The molecule has 176 valence electrons. The number of nitrogens with two attached hydrogens (primary N) is 1. The summed E-state index contributed by atoms with van der Waals surface area (Å²) in [6.45, 7) is 4.28. The molecule has 0 aliphatic carbocycles. The second-order valence-electron chi connectivity index (χ2n) is 8.19. The maximum Gasteiger partial charge on any atom is 0.347 e. The predicted octanol–water partition coefficient (Wildman–Crippen LogP) is 1.55. The first kappa shape index (κ1) is 25.5. The van der Waals surface area contributed by atoms with Gasteiger partial charge in [0.05, 0.1) is 6.42 Å². The summed E-state index contributed by atoms with van der Waals surface area (Å²) >= 11 is 0. The lowest BCUT2D eigenvalue weighted by molar-refractivity contribution is -0.172. The number of benzene rings is 2. The fraction of sp³-hybridized carbons (Fsp3) is 0.375. The van der Waals surface area contributed by atoms with E-state index in [0.29, 0.717) is 5.56 Å². The van der Waals surface area contributed by atoms with Crippen molar-refractivity contribution in [2.45, 2.75) is 39.3 Å². The molecule has 3 atom stereocenters. The van der Waals surface area contributed by atoms with E-state index < -0.39 is 53.5 Å². The number of likely N-dealkylation sites (N-methyl/N-ethyl adjacent to an activating group) is 1. The fourth-order valence-corrected chi connectivity index (χ4v) is 3.82. The maximum absolute atomic E-state index is 12.9. The number of aliphatic carboxylic acids is 1. The lowest BCUT2D eigenvalue weighted by atomic mass is 9.92. The van der Waals surface area contributed by atoms with Gasteiger partial charge >= 0.3 is 11.9 Å². The molecule has 2 aromatic rings. The van der Waals surface area contributed by atoms with Crippen LogP contribution in [0, 0.1) is 11.8 Å². The normalized spacial score (nSPS) is 13.7. The summed E-state index contributed by atoms with van der Waals surface area (Å²) in [5.74, 6) is -6.66. The Morgan fingerprint density at radius 3 is 2.18 bits per heavy atom. The molecule has 0 heterocycles. The molecule has 9 heteroatoms. The number of carboxylic acids is 1. The Balaban J connectivity index is 2.30. The number of hydrogen-bond donors (Lipinski definition) is 2. The average molecular weight is 456 g/mol. The first-order valence-corrected chi connectivity index (χ1v) is 10.4. The molecule has 9 nitrogen and oxygen atoms in total. The molecular weight excluding hydrogens is 428 g/mol. The topological polar surface area (TPSA) is 144 Å². The van der Waals surface area contributed by atoms with Gasteiger partial charge in [0.25, 0.3) is 0 Å². The van der Waals surface area contributed by atoms with Crippen molar-refractivity contribution in [1.29, 1.82) is 0 Å². The molecule has 0 aliphatic heterocycles. The van der Waals surface area contributed by atoms with E-state index in [0.717, 1.165) is 22.6 Å². The molecule has 0 saturated carbocycles. The van der Waals surface area contributed by atoms with Gasteiger partial charge in [0.15, 0.2) is 5.78 Å². The number of carbonyl (C=O) groups is 5. The minimum atomic E-state index is -1.96. The summed E-state index contributed by atoms with van der Waals surface area (Å²) in [5, 5.41) is 11.4. The standard InChI is InChI=1S/C24H28N2O7/c1-13(2)19(22(25)29)23(30)26(4)20(14(3)27)21(24(31)32)33-18(28)12-16-10-7-9-15-8-5-6-11-17(15)16/h5-11,13,19-21H,12H2,1-4H3,(H2,25,29)(H,31,32)/t19?,20?,21-/m0/s1. The van der Waals surface area contributed by atoms with E-state index in [9.17, 15) is 29.1 Å². The number of nitrogens with zero attached hydrogens (tertiary/aromatic N) is 1. The van der Waals surface area contributed by atoms with Crippen molar-refractivity contribution < 1.29 is 33.8 Å². The van der Waals surface area contributed by atoms with Crippen molar-refractivity contribution >= 4 is 40.3 Å². The zero-order valence-electron chi connectivity index (χ0n) is 19.0. The molecule has 0 fully saturated rings. The van der Waals surface area contributed by atoms with Gasteiger partial charge in [-0.25, -0.2) is 4.79 Å². The molecule has 0 bridgehead atoms. The Hall–Kier alpha value is -3.75. The minimum Gasteiger partial charge on any atom is -0.478 e. The number of Topliss-reactive ketones (excluding diaryl/α,β-unsaturated/α-hetero) is 1. The van der Waals surface area contributed by atoms with E-state index in [1.165, 1.54) is 7.05 Å². The first-order chi connectivity index (χ1) is 15.5. The first-order valence-electron chi connectivity index (χ1n) is 10.4. The average Bonchev–Trinajstić information content (AvgIpc) is 2.72. The number of rotatable bonds is 10. The van der Waals surface area contributed by atoms with E-state index in [2.05, 4.69) is 0 Å². The molecule has 2 rings (SSSR count). The Kier molecular flexibility index (Phi) is 8.28. The summed E-state index contributed by atoms with van der Waals surface area (Å²) in [7, 11) is 1.18. The number of esters is 1. The van der Waals surface area contributed by atoms with Crippen LogP contribution < -0.4 is 5.73 Å². The summed E-state index contributed by atoms with van der Waals surface area (Å²) in [6, 6.07) is 11.1. The third kappa shape index (κ3) is 5.94. The van der Waals surface area contributed by atoms with Crippen LogP contribution in [0.2, 0.25) is 0 Å². The van der Waals surface area contributed by atoms with Gasteiger partial charge in [0.2, 0.25) is 17.9 Å². The third-order valence-electron chi connectivity index (χ3n) is 5.42. The van der Waals surface area contributed by atoms with Gasteiger partial charge in [0, 0.05) is 7.05 Å². The van der Waals surface area contributed by atoms with Gasteiger partial charge in [-0.15, -0.1) is 0 Å². The van der Waals surface area contributed by atoms with Gasteiger partial charge in [-0.1, -0.05) is 56.3 Å². The molecule has 2 unspecified atom stereocenters. The van der Waals surface area contributed by atoms with E-state index in [-0.39, 0.29) is 6.42 Å². The van der Waals surface area contributed by atoms with Gasteiger partial charge in [0.1, 0.15) is 12.0 Å². The zero-order valence-corrected chi connectivity index (χ0v) is 19.0. The predicted molar refractivity (Wildman–Crippen MR) is 120 cm³/mol. The monoisotopic (exact) mass is 456 g/mol. The molecule has 2 aromatic carbocycles. The molecule has 2 amide bonds. The fourth-order valence-electron chi connectivity index (χ4n) is 3.82. The number of primary amides is 1. The van der Waals surface area contributed by atoms with Crippen LogP contribution in [0.15, 0.2) is 42.5 Å². The second kappa shape index (κ2) is 10.7. The number of amides is 2. The Labute approximate surface area is 191 Å². The molecule has 0 aromatic heterocycles. The van der Waals surface area contributed by atoms with Crippen LogP contribution in [-0.4, -0.2) is 58.7 Å². The van der Waals surface area contributed by atoms with Crippen LogP contribution in [0.5, 0.6) is 0 Å². The van der Waals surface area contributed by atoms with Crippen molar-refractivity contribution in [1.82, 2.24) is 4.90 Å². The molecule has 0 aliphatic rings. The number of carbonyl (C=O) groups excluding carboxylic acids is 4. The van der Waals surface area contributed by atoms with Crippen LogP contribution >= 0.6 is 0 Å². The van der Waals surface area contributed by atoms with E-state index in [1.807, 2.05) is 30.3 Å². The van der Waals surface area contributed by atoms with Crippen molar-refractivity contribution in [3.63, 3.8) is 0 Å². The zero-order chi connectivity index (χ0) is 24.9. The smallest absolute Gasteiger partial charge is 0.347 e. The summed E-state index contributed by atoms with van der Waals surface area (Å²) in [4.78, 5) is 62.4. The van der Waals surface area contributed by atoms with E-state index in [4.69, 9.17) is 10.5 Å². The Morgan fingerprint density at radius 2 is 1.64 bits per heavy atom. The van der Waals surface area contributed by atoms with E-state index in [1.54, 1.807) is 26.0 Å². The van der Waals surface area contributed by atoms with Crippen molar-refractivity contribution in [2.24, 2.45) is 17.6 Å². The number of fused-ring (bicyclic) bond motifs is 1. The Bertz CT molecular complexity index is 1070. The number of carboxylic acid groups (broad SMARTS) is 1. The third-order valence-corrected chi connectivity index (χ3v) is 5.42. The maximum atomic E-state index is 12.9.